The van der Waals surface area contributed by atoms with Gasteiger partial charge in [0.15, 0.2) is 0 Å². The molecule has 15 nitrogen and oxygen atoms in total. The lowest BCUT2D eigenvalue weighted by atomic mass is 10.0. The third kappa shape index (κ3) is 14.2. The van der Waals surface area contributed by atoms with Crippen LogP contribution in [0.4, 0.5) is 0 Å². The Kier molecular flexibility index (Phi) is 20.5. The van der Waals surface area contributed by atoms with Gasteiger partial charge in [0.25, 0.3) is 0 Å². The van der Waals surface area contributed by atoms with E-state index in [-0.39, 0.29) is 0 Å². The molecule has 9 heterocycles. The molecular weight excluding hydrogens is 1800 g/mol. The molecule has 0 aliphatic heterocycles. The molecule has 147 heavy (non-hydrogen) atoms. The van der Waals surface area contributed by atoms with E-state index in [0.29, 0.717) is 0 Å². The van der Waals surface area contributed by atoms with E-state index in [0.717, 1.165) is 119 Å². The molecule has 30 rings (SSSR count). The van der Waals surface area contributed by atoms with E-state index in [1.165, 1.54) is 131 Å². The molecular formula is C132H87N15. The first-order chi connectivity index (χ1) is 73.0. The Balaban J connectivity index is 0.000000107. The van der Waals surface area contributed by atoms with Crippen LogP contribution >= 0.6 is 0 Å². The Morgan fingerprint density at radius 2 is 0.340 bits per heavy atom. The van der Waals surface area contributed by atoms with Gasteiger partial charge in [-0.25, -0.2) is 14.0 Å². The molecule has 0 fully saturated rings. The van der Waals surface area contributed by atoms with Crippen LogP contribution < -0.4 is 0 Å². The minimum atomic E-state index is 0.857. The van der Waals surface area contributed by atoms with Crippen molar-refractivity contribution in [2.75, 3.05) is 0 Å². The summed E-state index contributed by atoms with van der Waals surface area (Å²) < 4.78 is 20.2. The van der Waals surface area contributed by atoms with Gasteiger partial charge in [-0.3, -0.25) is 0 Å². The molecule has 0 aliphatic carbocycles. The third-order valence-electron chi connectivity index (χ3n) is 28.8. The Hall–Kier alpha value is -20.2. The van der Waals surface area contributed by atoms with Crippen LogP contribution in [-0.2, 0) is 0 Å². The molecule has 0 saturated heterocycles. The molecule has 0 saturated carbocycles. The van der Waals surface area contributed by atoms with Gasteiger partial charge in [0.05, 0.1) is 83.3 Å². The molecule has 0 aliphatic rings. The quantitative estimate of drug-likeness (QED) is 0.101. The summed E-state index contributed by atoms with van der Waals surface area (Å²) in [5.74, 6) is 0. The number of para-hydroxylation sites is 9. The summed E-state index contributed by atoms with van der Waals surface area (Å²) in [6.45, 7) is 0. The van der Waals surface area contributed by atoms with E-state index in [2.05, 4.69) is 513 Å². The molecule has 21 aromatic carbocycles. The number of nitrogens with zero attached hydrogens (tertiary/aromatic N) is 15. The zero-order chi connectivity index (χ0) is 96.9. The summed E-state index contributed by atoms with van der Waals surface area (Å²) in [6.07, 6.45) is 0. The molecule has 0 radical (unpaired) electrons. The zero-order valence-electron chi connectivity index (χ0n) is 79.4. The minimum absolute atomic E-state index is 0.857. The van der Waals surface area contributed by atoms with Crippen LogP contribution in [0.1, 0.15) is 0 Å². The van der Waals surface area contributed by atoms with Crippen molar-refractivity contribution in [2.45, 2.75) is 0 Å². The highest BCUT2D eigenvalue weighted by Gasteiger charge is 2.29. The first-order valence-electron chi connectivity index (χ1n) is 49.6. The van der Waals surface area contributed by atoms with E-state index in [1.807, 2.05) is 86.8 Å². The molecule has 690 valence electrons. The fourth-order valence-corrected chi connectivity index (χ4v) is 22.4. The van der Waals surface area contributed by atoms with Crippen molar-refractivity contribution in [3.63, 3.8) is 0 Å². The molecule has 0 atom stereocenters. The summed E-state index contributed by atoms with van der Waals surface area (Å²) >= 11 is 0. The topological polar surface area (TPSA) is 122 Å². The largest absolute Gasteiger partial charge is 0.309 e. The molecule has 0 spiro atoms. The highest BCUT2D eigenvalue weighted by atomic mass is 15.4. The lowest BCUT2D eigenvalue weighted by Crippen LogP contribution is -2.01. The summed E-state index contributed by atoms with van der Waals surface area (Å²) in [5.41, 5.74) is 35.6. The molecule has 0 amide bonds. The van der Waals surface area contributed by atoms with E-state index >= 15 is 0 Å². The maximum Gasteiger partial charge on any atom is 0.121 e. The van der Waals surface area contributed by atoms with E-state index in [1.54, 1.807) is 0 Å². The van der Waals surface area contributed by atoms with E-state index in [4.69, 9.17) is 0 Å². The summed E-state index contributed by atoms with van der Waals surface area (Å²) in [4.78, 5) is 0. The summed E-state index contributed by atoms with van der Waals surface area (Å²) in [7, 11) is 0. The minimum Gasteiger partial charge on any atom is -0.309 e. The van der Waals surface area contributed by atoms with Gasteiger partial charge in [-0.1, -0.05) is 367 Å². The van der Waals surface area contributed by atoms with Gasteiger partial charge in [-0.2, -0.15) is 0 Å². The second-order valence-corrected chi connectivity index (χ2v) is 37.1. The van der Waals surface area contributed by atoms with Crippen LogP contribution in [0.2, 0.25) is 0 Å². The maximum atomic E-state index is 4.68. The van der Waals surface area contributed by atoms with Crippen LogP contribution in [0.5, 0.6) is 0 Å². The second kappa shape index (κ2) is 35.6. The molecule has 0 unspecified atom stereocenters. The van der Waals surface area contributed by atoms with Crippen LogP contribution in [0.3, 0.4) is 0 Å². The zero-order valence-corrected chi connectivity index (χ0v) is 79.4. The number of hydrogen-bond donors (Lipinski definition) is 0. The Labute approximate surface area is 843 Å². The summed E-state index contributed by atoms with van der Waals surface area (Å²) in [6, 6.07) is 186. The van der Waals surface area contributed by atoms with Crippen molar-refractivity contribution < 1.29 is 0 Å². The number of rotatable bonds is 15. The first-order valence-corrected chi connectivity index (χ1v) is 49.6. The predicted molar refractivity (Wildman–Crippen MR) is 603 cm³/mol. The van der Waals surface area contributed by atoms with Crippen LogP contribution in [0.25, 0.3) is 250 Å². The van der Waals surface area contributed by atoms with Gasteiger partial charge >= 0.3 is 0 Å². The highest BCUT2D eigenvalue weighted by molar-refractivity contribution is 6.30. The van der Waals surface area contributed by atoms with Gasteiger partial charge < -0.3 is 27.4 Å². The fraction of sp³-hybridized carbons (Fsp3) is 0. The average Bonchev–Trinajstić information content (AvgIpc) is 1.56. The normalized spacial score (nSPS) is 11.7. The number of aromatic nitrogens is 15. The van der Waals surface area contributed by atoms with Crippen molar-refractivity contribution in [3.05, 3.63) is 528 Å². The average molecular weight is 1880 g/mol. The Bertz CT molecular complexity index is 10000. The lowest BCUT2D eigenvalue weighted by Gasteiger charge is -2.12. The summed E-state index contributed by atoms with van der Waals surface area (Å²) in [5, 5.41) is 43.0. The van der Waals surface area contributed by atoms with Crippen LogP contribution in [-0.4, -0.2) is 72.4 Å². The van der Waals surface area contributed by atoms with Crippen LogP contribution in [0.15, 0.2) is 528 Å². The van der Waals surface area contributed by atoms with Gasteiger partial charge in [-0.05, 0) is 176 Å². The van der Waals surface area contributed by atoms with Gasteiger partial charge in [0, 0.05) is 132 Å². The second-order valence-electron chi connectivity index (χ2n) is 37.1. The molecule has 0 N–H and O–H groups in total. The molecule has 30 aromatic rings. The lowest BCUT2D eigenvalue weighted by molar-refractivity contribution is 0.808. The monoisotopic (exact) mass is 1880 g/mol. The van der Waals surface area contributed by atoms with Crippen molar-refractivity contribution in [3.8, 4) is 119 Å². The van der Waals surface area contributed by atoms with Crippen LogP contribution in [0, 0.1) is 0 Å². The maximum absolute atomic E-state index is 4.68. The smallest absolute Gasteiger partial charge is 0.121 e. The van der Waals surface area contributed by atoms with Gasteiger partial charge in [0.2, 0.25) is 0 Å². The fourth-order valence-electron chi connectivity index (χ4n) is 22.4. The predicted octanol–water partition coefficient (Wildman–Crippen LogP) is 32.4. The first kappa shape index (κ1) is 84.9. The highest BCUT2D eigenvalue weighted by Crippen LogP contribution is 2.48. The van der Waals surface area contributed by atoms with Gasteiger partial charge in [-0.15, -0.1) is 15.3 Å². The SMILES string of the molecule is c1ccc(-c2nnn(-c3ccc(-n4c5ccccc5c5c4ccc4c6ccccc6n(-c6ccccc6)c45)cc3)c2-c2ccccc2)cc1.c1ccc(-c2nnn(-c3ccc(-n4c5ccccc5c5c6c7ccccc7n(-c7ccccc7)c6ccc54)cc3)c2-c2ccccc2)cc1.c1ccc(-c2nnn(-c3ccc(-n4c5ccccc5c5cc6c(cc54)c4ccccc4n6-c4ccccc4)cc3)c2-c2ccccc2)cc1. The van der Waals surface area contributed by atoms with Crippen molar-refractivity contribution in [1.82, 2.24) is 72.4 Å². The van der Waals surface area contributed by atoms with Gasteiger partial charge in [0.1, 0.15) is 34.2 Å². The number of hydrogen-bond acceptors (Lipinski definition) is 6. The Morgan fingerprint density at radius 3 is 0.653 bits per heavy atom. The molecule has 9 aromatic heterocycles. The van der Waals surface area contributed by atoms with Crippen molar-refractivity contribution in [1.29, 1.82) is 0 Å². The third-order valence-corrected chi connectivity index (χ3v) is 28.8. The molecule has 15 heteroatoms. The van der Waals surface area contributed by atoms with E-state index < -0.39 is 0 Å². The standard InChI is InChI=1S/3C44H29N5/c1-4-14-30(15-5-1)43-44(31-16-6-2-7-17-31)49(46-45-43)34-26-24-33(25-27-34)48-40-23-13-11-21-36(40)38-28-41-37(29-42(38)48)35-20-10-12-22-39(35)47(41)32-18-8-3-9-19-32;1-4-14-30(15-5-1)42-43(31-16-6-2-7-17-31)49(46-45-42)34-26-24-33(25-27-34)47-39-23-13-11-21-37(39)41-40(47)29-28-36-35-20-10-12-22-38(35)48(44(36)41)32-18-8-3-9-19-32;1-4-14-30(15-5-1)43-44(31-16-6-2-7-17-31)49(46-45-43)34-26-24-33(25-27-34)48-38-23-13-11-21-36(38)42-40(48)29-28-39-41(42)35-20-10-12-22-37(35)47(39)32-18-8-3-9-19-32/h3*1-29H. The number of benzene rings is 21. The molecule has 0 bridgehead atoms. The number of fused-ring (bicyclic) bond motifs is 20. The Morgan fingerprint density at radius 1 is 0.129 bits per heavy atom. The van der Waals surface area contributed by atoms with Crippen molar-refractivity contribution >= 4 is 131 Å². The van der Waals surface area contributed by atoms with Crippen molar-refractivity contribution in [2.24, 2.45) is 0 Å². The van der Waals surface area contributed by atoms with E-state index in [9.17, 15) is 0 Å².